The van der Waals surface area contributed by atoms with E-state index in [4.69, 9.17) is 14.5 Å². The highest BCUT2D eigenvalue weighted by Gasteiger charge is 2.22. The summed E-state index contributed by atoms with van der Waals surface area (Å²) < 4.78 is 12.0. The molecule has 2 N–H and O–H groups in total. The second kappa shape index (κ2) is 10.9. The lowest BCUT2D eigenvalue weighted by Gasteiger charge is -2.27. The van der Waals surface area contributed by atoms with E-state index in [0.717, 1.165) is 68.8 Å². The van der Waals surface area contributed by atoms with Crippen LogP contribution in [0.5, 0.6) is 11.5 Å². The van der Waals surface area contributed by atoms with Gasteiger partial charge >= 0.3 is 0 Å². The van der Waals surface area contributed by atoms with Crippen molar-refractivity contribution in [1.29, 1.82) is 0 Å². The Morgan fingerprint density at radius 2 is 1.85 bits per heavy atom. The van der Waals surface area contributed by atoms with Gasteiger partial charge in [-0.25, -0.2) is 0 Å². The highest BCUT2D eigenvalue weighted by Crippen LogP contribution is 2.39. The predicted octanol–water partition coefficient (Wildman–Crippen LogP) is 4.54. The summed E-state index contributed by atoms with van der Waals surface area (Å²) in [6.45, 7) is 6.47. The van der Waals surface area contributed by atoms with E-state index in [0.29, 0.717) is 12.6 Å². The Balaban J connectivity index is 1.42. The summed E-state index contributed by atoms with van der Waals surface area (Å²) in [6.07, 6.45) is 12.0. The van der Waals surface area contributed by atoms with Crippen LogP contribution in [-0.2, 0) is 12.8 Å². The summed E-state index contributed by atoms with van der Waals surface area (Å²) >= 11 is 0. The van der Waals surface area contributed by atoms with E-state index in [2.05, 4.69) is 27.7 Å². The first-order valence-corrected chi connectivity index (χ1v) is 13.2. The van der Waals surface area contributed by atoms with Crippen LogP contribution in [0.4, 0.5) is 5.69 Å². The number of hydrogen-bond acceptors (Lipinski definition) is 6. The number of fused-ring (bicyclic) bond motifs is 2. The molecule has 3 aliphatic rings. The van der Waals surface area contributed by atoms with Crippen LogP contribution in [-0.4, -0.2) is 62.4 Å². The Bertz CT molecular complexity index is 936. The van der Waals surface area contributed by atoms with Crippen molar-refractivity contribution >= 4 is 16.6 Å². The van der Waals surface area contributed by atoms with Crippen molar-refractivity contribution < 1.29 is 9.47 Å². The van der Waals surface area contributed by atoms with E-state index in [1.54, 1.807) is 7.11 Å². The van der Waals surface area contributed by atoms with Crippen LogP contribution >= 0.6 is 0 Å². The van der Waals surface area contributed by atoms with E-state index in [9.17, 15) is 0 Å². The van der Waals surface area contributed by atoms with Crippen molar-refractivity contribution in [2.45, 2.75) is 70.3 Å². The third kappa shape index (κ3) is 5.38. The van der Waals surface area contributed by atoms with Crippen LogP contribution in [0.15, 0.2) is 12.1 Å². The molecule has 1 aliphatic carbocycles. The molecule has 0 spiro atoms. The molecule has 2 fully saturated rings. The fourth-order valence-electron chi connectivity index (χ4n) is 5.69. The van der Waals surface area contributed by atoms with E-state index in [-0.39, 0.29) is 0 Å². The Labute approximate surface area is 198 Å². The van der Waals surface area contributed by atoms with Crippen molar-refractivity contribution in [3.63, 3.8) is 0 Å². The van der Waals surface area contributed by atoms with Crippen molar-refractivity contribution in [2.24, 2.45) is 0 Å². The van der Waals surface area contributed by atoms with Gasteiger partial charge in [0.25, 0.3) is 0 Å². The van der Waals surface area contributed by atoms with Crippen LogP contribution in [0.3, 0.4) is 0 Å². The molecule has 0 amide bonds. The molecule has 0 unspecified atom stereocenters. The van der Waals surface area contributed by atoms with Gasteiger partial charge < -0.3 is 25.0 Å². The molecule has 5 rings (SSSR count). The quantitative estimate of drug-likeness (QED) is 0.453. The molecule has 0 saturated carbocycles. The molecule has 0 atom stereocenters. The zero-order valence-electron chi connectivity index (χ0n) is 20.3. The van der Waals surface area contributed by atoms with Gasteiger partial charge in [-0.1, -0.05) is 6.42 Å². The van der Waals surface area contributed by atoms with Crippen LogP contribution in [0, 0.1) is 0 Å². The van der Waals surface area contributed by atoms with Gasteiger partial charge in [0, 0.05) is 35.4 Å². The second-order valence-corrected chi connectivity index (χ2v) is 9.91. The number of pyridine rings is 1. The van der Waals surface area contributed by atoms with Gasteiger partial charge in [0.1, 0.15) is 0 Å². The number of piperidine rings is 1. The largest absolute Gasteiger partial charge is 0.493 e. The fraction of sp³-hybridized carbons (Fsp3) is 0.667. The Morgan fingerprint density at radius 1 is 1.03 bits per heavy atom. The molecule has 6 nitrogen and oxygen atoms in total. The van der Waals surface area contributed by atoms with Gasteiger partial charge in [-0.2, -0.15) is 0 Å². The van der Waals surface area contributed by atoms with Crippen LogP contribution in [0.25, 0.3) is 10.9 Å². The number of benzene rings is 1. The molecule has 1 aromatic heterocycles. The molecule has 3 heterocycles. The summed E-state index contributed by atoms with van der Waals surface area (Å²) in [6, 6.07) is 4.78. The zero-order valence-corrected chi connectivity index (χ0v) is 20.3. The summed E-state index contributed by atoms with van der Waals surface area (Å²) in [7, 11) is 1.75. The van der Waals surface area contributed by atoms with Gasteiger partial charge in [-0.15, -0.1) is 0 Å². The normalized spacial score (nSPS) is 19.9. The lowest BCUT2D eigenvalue weighted by molar-refractivity contribution is 0.254. The number of aromatic nitrogens is 1. The number of rotatable bonds is 8. The number of anilines is 1. The van der Waals surface area contributed by atoms with E-state index in [1.165, 1.54) is 67.5 Å². The van der Waals surface area contributed by atoms with Crippen LogP contribution < -0.4 is 20.1 Å². The Morgan fingerprint density at radius 3 is 2.67 bits per heavy atom. The lowest BCUT2D eigenvalue weighted by Crippen LogP contribution is -2.35. The van der Waals surface area contributed by atoms with Crippen molar-refractivity contribution in [3.8, 4) is 11.5 Å². The van der Waals surface area contributed by atoms with E-state index >= 15 is 0 Å². The lowest BCUT2D eigenvalue weighted by atomic mass is 9.99. The molecule has 6 heteroatoms. The molecule has 0 radical (unpaired) electrons. The topological polar surface area (TPSA) is 58.6 Å². The maximum absolute atomic E-state index is 6.23. The molecular formula is C27H40N4O2. The van der Waals surface area contributed by atoms with E-state index < -0.39 is 0 Å². The second-order valence-electron chi connectivity index (χ2n) is 9.91. The van der Waals surface area contributed by atoms with Gasteiger partial charge in [0.05, 0.1) is 19.2 Å². The minimum atomic E-state index is 0.511. The summed E-state index contributed by atoms with van der Waals surface area (Å²) in [5.74, 6) is 1.63. The predicted molar refractivity (Wildman–Crippen MR) is 135 cm³/mol. The number of ether oxygens (including phenoxy) is 2. The number of nitrogens with zero attached hydrogens (tertiary/aromatic N) is 2. The monoisotopic (exact) mass is 452 g/mol. The Kier molecular flexibility index (Phi) is 7.52. The Hall–Kier alpha value is -2.05. The van der Waals surface area contributed by atoms with Gasteiger partial charge in [-0.3, -0.25) is 4.98 Å². The summed E-state index contributed by atoms with van der Waals surface area (Å²) in [5, 5.41) is 8.61. The molecule has 33 heavy (non-hydrogen) atoms. The van der Waals surface area contributed by atoms with Crippen LogP contribution in [0.2, 0.25) is 0 Å². The highest BCUT2D eigenvalue weighted by molar-refractivity contribution is 5.96. The summed E-state index contributed by atoms with van der Waals surface area (Å²) in [4.78, 5) is 7.70. The van der Waals surface area contributed by atoms with E-state index in [1.807, 2.05) is 0 Å². The third-order valence-electron chi connectivity index (χ3n) is 7.56. The van der Waals surface area contributed by atoms with Crippen molar-refractivity contribution in [2.75, 3.05) is 51.8 Å². The summed E-state index contributed by atoms with van der Waals surface area (Å²) in [5.41, 5.74) is 5.03. The minimum absolute atomic E-state index is 0.511. The number of hydrogen-bond donors (Lipinski definition) is 2. The molecule has 180 valence electrons. The highest BCUT2D eigenvalue weighted by atomic mass is 16.5. The fourth-order valence-corrected chi connectivity index (χ4v) is 5.69. The van der Waals surface area contributed by atoms with Gasteiger partial charge in [0.2, 0.25) is 0 Å². The zero-order chi connectivity index (χ0) is 22.5. The van der Waals surface area contributed by atoms with Crippen molar-refractivity contribution in [3.05, 3.63) is 23.4 Å². The molecule has 0 bridgehead atoms. The standard InChI is InChI=1S/C27H40N4O2/c1-32-25-18-22-24(19-26(25)33-17-7-16-31-14-5-6-15-31)30-23-9-4-2-3-8-21(23)27(22)29-20-10-12-28-13-11-20/h18-20,28H,2-17H2,1H3,(H,29,30). The smallest absolute Gasteiger partial charge is 0.163 e. The maximum atomic E-state index is 6.23. The minimum Gasteiger partial charge on any atom is -0.493 e. The molecule has 2 aliphatic heterocycles. The number of aryl methyl sites for hydroxylation is 1. The number of methoxy groups -OCH3 is 1. The first-order chi connectivity index (χ1) is 16.3. The molecule has 1 aromatic carbocycles. The van der Waals surface area contributed by atoms with Gasteiger partial charge in [-0.05, 0) is 95.6 Å². The SMILES string of the molecule is COc1cc2c(NC3CCNCC3)c3c(nc2cc1OCCCN1CCCC1)CCCCC3. The molecule has 2 saturated heterocycles. The average molecular weight is 453 g/mol. The first kappa shape index (κ1) is 22.7. The average Bonchev–Trinajstić information content (AvgIpc) is 3.26. The molecular weight excluding hydrogens is 412 g/mol. The van der Waals surface area contributed by atoms with Gasteiger partial charge in [0.15, 0.2) is 11.5 Å². The molecule has 2 aromatic rings. The van der Waals surface area contributed by atoms with Crippen LogP contribution in [0.1, 0.15) is 62.6 Å². The third-order valence-corrected chi connectivity index (χ3v) is 7.56. The van der Waals surface area contributed by atoms with Crippen molar-refractivity contribution in [1.82, 2.24) is 15.2 Å². The first-order valence-electron chi connectivity index (χ1n) is 13.2. The number of nitrogens with one attached hydrogen (secondary N) is 2. The maximum Gasteiger partial charge on any atom is 0.163 e. The number of likely N-dealkylation sites (tertiary alicyclic amines) is 1.